The summed E-state index contributed by atoms with van der Waals surface area (Å²) in [7, 11) is 0. The number of piperidine rings is 1. The minimum atomic E-state index is -1.64. The van der Waals surface area contributed by atoms with Crippen LogP contribution in [0, 0.1) is 5.41 Å². The summed E-state index contributed by atoms with van der Waals surface area (Å²) in [4.78, 5) is 41.4. The first-order chi connectivity index (χ1) is 14.9. The molecular formula is C24H32N2O6. The molecule has 2 aliphatic rings. The molecule has 0 spiro atoms. The summed E-state index contributed by atoms with van der Waals surface area (Å²) in [5, 5.41) is 20.3. The van der Waals surface area contributed by atoms with Gasteiger partial charge >= 0.3 is 12.1 Å². The molecule has 2 aliphatic heterocycles. The third-order valence-corrected chi connectivity index (χ3v) is 6.00. The standard InChI is InChI=1S/C24H32N2O6/c1-23(2,3)32-22(31)26-15-18(27)14-24(4,21(29)30)19(26)20(28)25-12-10-17(11-13-25)16-8-6-5-7-9-16/h5-10,18-19,27H,11-15H2,1-4H3,(H,29,30)/t18-,19-,24+/m1/s1. The van der Waals surface area contributed by atoms with E-state index in [4.69, 9.17) is 4.74 Å². The number of likely N-dealkylation sites (tertiary alicyclic amines) is 1. The number of carbonyl (C=O) groups is 3. The molecule has 2 amide bonds. The molecule has 0 bridgehead atoms. The molecule has 1 fully saturated rings. The highest BCUT2D eigenvalue weighted by molar-refractivity contribution is 5.93. The second-order valence-corrected chi connectivity index (χ2v) is 9.75. The Morgan fingerprint density at radius 1 is 1.16 bits per heavy atom. The summed E-state index contributed by atoms with van der Waals surface area (Å²) in [6.07, 6.45) is 0.584. The van der Waals surface area contributed by atoms with E-state index in [9.17, 15) is 24.6 Å². The maximum atomic E-state index is 13.6. The summed E-state index contributed by atoms with van der Waals surface area (Å²) >= 11 is 0. The van der Waals surface area contributed by atoms with Crippen molar-refractivity contribution in [3.8, 4) is 0 Å². The van der Waals surface area contributed by atoms with Gasteiger partial charge in [-0.2, -0.15) is 0 Å². The third-order valence-electron chi connectivity index (χ3n) is 6.00. The Morgan fingerprint density at radius 2 is 1.81 bits per heavy atom. The molecule has 1 saturated heterocycles. The van der Waals surface area contributed by atoms with E-state index in [0.717, 1.165) is 16.0 Å². The smallest absolute Gasteiger partial charge is 0.411 e. The fourth-order valence-corrected chi connectivity index (χ4v) is 4.41. The fraction of sp³-hybridized carbons (Fsp3) is 0.542. The minimum absolute atomic E-state index is 0.128. The number of aliphatic hydroxyl groups excluding tert-OH is 1. The predicted molar refractivity (Wildman–Crippen MR) is 119 cm³/mol. The molecule has 2 N–H and O–H groups in total. The third kappa shape index (κ3) is 4.96. The Labute approximate surface area is 188 Å². The number of amides is 2. The van der Waals surface area contributed by atoms with E-state index in [1.54, 1.807) is 25.7 Å². The van der Waals surface area contributed by atoms with Crippen molar-refractivity contribution < 1.29 is 29.3 Å². The highest BCUT2D eigenvalue weighted by Crippen LogP contribution is 2.38. The summed E-state index contributed by atoms with van der Waals surface area (Å²) in [6.45, 7) is 7.06. The molecule has 1 aromatic rings. The van der Waals surface area contributed by atoms with Gasteiger partial charge in [0.1, 0.15) is 11.6 Å². The monoisotopic (exact) mass is 444 g/mol. The lowest BCUT2D eigenvalue weighted by Gasteiger charge is -2.47. The molecule has 8 heteroatoms. The molecule has 0 aromatic heterocycles. The second kappa shape index (κ2) is 8.94. The summed E-state index contributed by atoms with van der Waals surface area (Å²) in [5.41, 5.74) is -0.259. The van der Waals surface area contributed by atoms with Gasteiger partial charge in [0.05, 0.1) is 18.1 Å². The van der Waals surface area contributed by atoms with Crippen molar-refractivity contribution in [3.05, 3.63) is 42.0 Å². The predicted octanol–water partition coefficient (Wildman–Crippen LogP) is 2.76. The number of carboxylic acids is 1. The number of nitrogens with zero attached hydrogens (tertiary/aromatic N) is 2. The number of rotatable bonds is 3. The average Bonchev–Trinajstić information content (AvgIpc) is 2.72. The van der Waals surface area contributed by atoms with Gasteiger partial charge in [0, 0.05) is 13.1 Å². The number of carboxylic acid groups (broad SMARTS) is 1. The van der Waals surface area contributed by atoms with Crippen molar-refractivity contribution in [3.63, 3.8) is 0 Å². The van der Waals surface area contributed by atoms with Gasteiger partial charge in [-0.25, -0.2) is 4.79 Å². The van der Waals surface area contributed by atoms with Gasteiger partial charge in [-0.05, 0) is 51.7 Å². The average molecular weight is 445 g/mol. The Hall–Kier alpha value is -2.87. The molecule has 174 valence electrons. The fourth-order valence-electron chi connectivity index (χ4n) is 4.41. The molecule has 3 rings (SSSR count). The van der Waals surface area contributed by atoms with E-state index in [1.807, 2.05) is 36.4 Å². The van der Waals surface area contributed by atoms with E-state index in [2.05, 4.69) is 0 Å². The zero-order valence-electron chi connectivity index (χ0n) is 19.1. The van der Waals surface area contributed by atoms with E-state index < -0.39 is 41.1 Å². The maximum Gasteiger partial charge on any atom is 0.411 e. The normalized spacial score (nSPS) is 26.3. The summed E-state index contributed by atoms with van der Waals surface area (Å²) < 4.78 is 5.44. The zero-order valence-corrected chi connectivity index (χ0v) is 19.1. The lowest BCUT2D eigenvalue weighted by molar-refractivity contribution is -0.168. The van der Waals surface area contributed by atoms with Crippen molar-refractivity contribution >= 4 is 23.5 Å². The van der Waals surface area contributed by atoms with Crippen molar-refractivity contribution in [2.45, 2.75) is 58.3 Å². The lowest BCUT2D eigenvalue weighted by atomic mass is 9.73. The quantitative estimate of drug-likeness (QED) is 0.742. The van der Waals surface area contributed by atoms with Crippen LogP contribution in [0.4, 0.5) is 4.79 Å². The van der Waals surface area contributed by atoms with Gasteiger partial charge in [-0.3, -0.25) is 14.5 Å². The van der Waals surface area contributed by atoms with Crippen LogP contribution >= 0.6 is 0 Å². The van der Waals surface area contributed by atoms with Gasteiger partial charge in [0.25, 0.3) is 0 Å². The van der Waals surface area contributed by atoms with Crippen LogP contribution in [0.15, 0.2) is 36.4 Å². The molecule has 2 heterocycles. The number of hydrogen-bond acceptors (Lipinski definition) is 5. The molecule has 0 unspecified atom stereocenters. The highest BCUT2D eigenvalue weighted by Gasteiger charge is 2.56. The number of ether oxygens (including phenoxy) is 1. The van der Waals surface area contributed by atoms with Crippen LogP contribution in [0.1, 0.15) is 46.1 Å². The van der Waals surface area contributed by atoms with Crippen molar-refractivity contribution in [1.82, 2.24) is 9.80 Å². The number of β-amino-alcohol motifs (C(OH)–C–C–N with tert-alkyl or cyclic N) is 1. The first-order valence-electron chi connectivity index (χ1n) is 10.9. The van der Waals surface area contributed by atoms with Crippen molar-refractivity contribution in [2.75, 3.05) is 19.6 Å². The van der Waals surface area contributed by atoms with Crippen LogP contribution in [-0.2, 0) is 14.3 Å². The SMILES string of the molecule is CC(C)(C)OC(=O)N1C[C@H](O)C[C@](C)(C(=O)O)[C@H]1C(=O)N1CC=C(c2ccccc2)CC1. The maximum absolute atomic E-state index is 13.6. The van der Waals surface area contributed by atoms with Gasteiger partial charge in [0.2, 0.25) is 5.91 Å². The highest BCUT2D eigenvalue weighted by atomic mass is 16.6. The van der Waals surface area contributed by atoms with Gasteiger partial charge < -0.3 is 19.8 Å². The Morgan fingerprint density at radius 3 is 2.34 bits per heavy atom. The van der Waals surface area contributed by atoms with Crippen LogP contribution < -0.4 is 0 Å². The van der Waals surface area contributed by atoms with E-state index in [1.165, 1.54) is 6.92 Å². The van der Waals surface area contributed by atoms with Crippen molar-refractivity contribution in [1.29, 1.82) is 0 Å². The van der Waals surface area contributed by atoms with Gasteiger partial charge in [0.15, 0.2) is 0 Å². The summed E-state index contributed by atoms with van der Waals surface area (Å²) in [5.74, 6) is -1.68. The molecule has 0 radical (unpaired) electrons. The minimum Gasteiger partial charge on any atom is -0.481 e. The summed E-state index contributed by atoms with van der Waals surface area (Å²) in [6, 6.07) is 8.61. The first kappa shape index (κ1) is 23.8. The number of hydrogen-bond donors (Lipinski definition) is 2. The molecule has 3 atom stereocenters. The van der Waals surface area contributed by atoms with Crippen LogP contribution in [0.2, 0.25) is 0 Å². The molecule has 1 aromatic carbocycles. The Balaban J connectivity index is 1.89. The van der Waals surface area contributed by atoms with Gasteiger partial charge in [-0.1, -0.05) is 36.4 Å². The topological polar surface area (TPSA) is 107 Å². The Bertz CT molecular complexity index is 907. The van der Waals surface area contributed by atoms with Crippen LogP contribution in [0.3, 0.4) is 0 Å². The zero-order chi connectivity index (χ0) is 23.7. The lowest BCUT2D eigenvalue weighted by Crippen LogP contribution is -2.66. The molecule has 0 aliphatic carbocycles. The first-order valence-corrected chi connectivity index (χ1v) is 10.9. The van der Waals surface area contributed by atoms with Crippen LogP contribution in [0.5, 0.6) is 0 Å². The molecule has 0 saturated carbocycles. The number of carbonyl (C=O) groups excluding carboxylic acids is 2. The molecule has 32 heavy (non-hydrogen) atoms. The van der Waals surface area contributed by atoms with Gasteiger partial charge in [-0.15, -0.1) is 0 Å². The van der Waals surface area contributed by atoms with Crippen molar-refractivity contribution in [2.24, 2.45) is 5.41 Å². The number of aliphatic hydroxyl groups is 1. The number of benzene rings is 1. The number of aliphatic carboxylic acids is 1. The largest absolute Gasteiger partial charge is 0.481 e. The molecular weight excluding hydrogens is 412 g/mol. The molecule has 8 nitrogen and oxygen atoms in total. The van der Waals surface area contributed by atoms with E-state index in [-0.39, 0.29) is 13.0 Å². The Kier molecular flexibility index (Phi) is 6.64. The van der Waals surface area contributed by atoms with Crippen LogP contribution in [-0.4, -0.2) is 75.4 Å². The van der Waals surface area contributed by atoms with Crippen LogP contribution in [0.25, 0.3) is 5.57 Å². The van der Waals surface area contributed by atoms with E-state index >= 15 is 0 Å². The second-order valence-electron chi connectivity index (χ2n) is 9.75. The van der Waals surface area contributed by atoms with E-state index in [0.29, 0.717) is 19.5 Å².